The normalized spacial score (nSPS) is 13.3. The standard InChI is InChI=1S/C13H20FNO3S/c1-4-15-11(9-19(3,16)17)8-10-6-5-7-12(18-2)13(10)14/h5-7,11,15H,4,8-9H2,1-3H3. The largest absolute Gasteiger partial charge is 0.494 e. The van der Waals surface area contributed by atoms with Crippen LogP contribution in [-0.4, -0.2) is 40.1 Å². The van der Waals surface area contributed by atoms with E-state index in [1.807, 2.05) is 6.92 Å². The van der Waals surface area contributed by atoms with E-state index >= 15 is 0 Å². The Bertz CT molecular complexity index is 517. The second kappa shape index (κ2) is 6.86. The van der Waals surface area contributed by atoms with Gasteiger partial charge in [0.25, 0.3) is 0 Å². The quantitative estimate of drug-likeness (QED) is 0.824. The van der Waals surface area contributed by atoms with Crippen molar-refractivity contribution in [3.63, 3.8) is 0 Å². The smallest absolute Gasteiger partial charge is 0.168 e. The number of sulfone groups is 1. The van der Waals surface area contributed by atoms with Crippen LogP contribution in [0.15, 0.2) is 18.2 Å². The molecule has 0 aliphatic heterocycles. The zero-order valence-electron chi connectivity index (χ0n) is 11.4. The molecule has 1 N–H and O–H groups in total. The van der Waals surface area contributed by atoms with E-state index in [1.165, 1.54) is 19.4 Å². The molecular formula is C13H20FNO3S. The SMILES string of the molecule is CCNC(Cc1cccc(OC)c1F)CS(C)(=O)=O. The van der Waals surface area contributed by atoms with Gasteiger partial charge >= 0.3 is 0 Å². The lowest BCUT2D eigenvalue weighted by molar-refractivity contribution is 0.383. The molecule has 0 bridgehead atoms. The Labute approximate surface area is 113 Å². The van der Waals surface area contributed by atoms with Gasteiger partial charge in [-0.25, -0.2) is 12.8 Å². The van der Waals surface area contributed by atoms with Crippen molar-refractivity contribution in [3.8, 4) is 5.75 Å². The van der Waals surface area contributed by atoms with Crippen LogP contribution in [0, 0.1) is 5.82 Å². The van der Waals surface area contributed by atoms with Crippen molar-refractivity contribution in [1.82, 2.24) is 5.32 Å². The summed E-state index contributed by atoms with van der Waals surface area (Å²) in [6, 6.07) is 4.57. The average Bonchev–Trinajstić information content (AvgIpc) is 2.30. The van der Waals surface area contributed by atoms with Gasteiger partial charge in [0.15, 0.2) is 11.6 Å². The number of benzene rings is 1. The summed E-state index contributed by atoms with van der Waals surface area (Å²) >= 11 is 0. The Kier molecular flexibility index (Phi) is 5.75. The summed E-state index contributed by atoms with van der Waals surface area (Å²) in [6.07, 6.45) is 1.49. The monoisotopic (exact) mass is 289 g/mol. The van der Waals surface area contributed by atoms with E-state index in [9.17, 15) is 12.8 Å². The Morgan fingerprint density at radius 3 is 2.63 bits per heavy atom. The van der Waals surface area contributed by atoms with Crippen LogP contribution in [0.5, 0.6) is 5.75 Å². The minimum atomic E-state index is -3.11. The number of rotatable bonds is 7. The van der Waals surface area contributed by atoms with Crippen molar-refractivity contribution in [2.45, 2.75) is 19.4 Å². The van der Waals surface area contributed by atoms with Gasteiger partial charge in [0, 0.05) is 12.3 Å². The fraction of sp³-hybridized carbons (Fsp3) is 0.538. The highest BCUT2D eigenvalue weighted by Crippen LogP contribution is 2.21. The molecule has 0 heterocycles. The summed E-state index contributed by atoms with van der Waals surface area (Å²) in [7, 11) is -1.71. The summed E-state index contributed by atoms with van der Waals surface area (Å²) in [5.74, 6) is -0.272. The lowest BCUT2D eigenvalue weighted by atomic mass is 10.1. The molecule has 1 atom stereocenters. The van der Waals surface area contributed by atoms with Crippen molar-refractivity contribution in [2.24, 2.45) is 0 Å². The minimum Gasteiger partial charge on any atom is -0.494 e. The van der Waals surface area contributed by atoms with Crippen LogP contribution in [0.1, 0.15) is 12.5 Å². The number of likely N-dealkylation sites (N-methyl/N-ethyl adjacent to an activating group) is 1. The highest BCUT2D eigenvalue weighted by molar-refractivity contribution is 7.90. The maximum atomic E-state index is 14.0. The second-order valence-corrected chi connectivity index (χ2v) is 6.67. The molecule has 4 nitrogen and oxygen atoms in total. The van der Waals surface area contributed by atoms with Crippen LogP contribution in [0.4, 0.5) is 4.39 Å². The fourth-order valence-corrected chi connectivity index (χ4v) is 2.95. The second-order valence-electron chi connectivity index (χ2n) is 4.48. The Morgan fingerprint density at radius 1 is 1.42 bits per heavy atom. The molecule has 0 spiro atoms. The van der Waals surface area contributed by atoms with Crippen LogP contribution in [0.2, 0.25) is 0 Å². The third kappa shape index (κ3) is 5.16. The number of hydrogen-bond acceptors (Lipinski definition) is 4. The molecule has 6 heteroatoms. The first-order valence-electron chi connectivity index (χ1n) is 6.10. The molecule has 1 aromatic carbocycles. The predicted molar refractivity (Wildman–Crippen MR) is 73.8 cm³/mol. The maximum absolute atomic E-state index is 14.0. The molecule has 0 aromatic heterocycles. The van der Waals surface area contributed by atoms with Gasteiger partial charge in [-0.05, 0) is 24.6 Å². The van der Waals surface area contributed by atoms with E-state index in [0.29, 0.717) is 18.5 Å². The molecule has 1 rings (SSSR count). The predicted octanol–water partition coefficient (Wildman–Crippen LogP) is 1.40. The molecule has 0 saturated heterocycles. The Balaban J connectivity index is 2.90. The zero-order chi connectivity index (χ0) is 14.5. The first kappa shape index (κ1) is 15.9. The Morgan fingerprint density at radius 2 is 2.11 bits per heavy atom. The van der Waals surface area contributed by atoms with Crippen LogP contribution in [0.3, 0.4) is 0 Å². The van der Waals surface area contributed by atoms with E-state index in [1.54, 1.807) is 12.1 Å². The first-order valence-corrected chi connectivity index (χ1v) is 8.16. The van der Waals surface area contributed by atoms with Gasteiger partial charge in [-0.2, -0.15) is 0 Å². The van der Waals surface area contributed by atoms with Gasteiger partial charge in [0.05, 0.1) is 12.9 Å². The summed E-state index contributed by atoms with van der Waals surface area (Å²) < 4.78 is 41.6. The van der Waals surface area contributed by atoms with Gasteiger partial charge in [-0.1, -0.05) is 19.1 Å². The van der Waals surface area contributed by atoms with Gasteiger partial charge < -0.3 is 10.1 Å². The molecule has 0 radical (unpaired) electrons. The van der Waals surface area contributed by atoms with Crippen LogP contribution < -0.4 is 10.1 Å². The van der Waals surface area contributed by atoms with Crippen LogP contribution in [-0.2, 0) is 16.3 Å². The summed E-state index contributed by atoms with van der Waals surface area (Å²) in [5, 5.41) is 3.07. The number of nitrogens with one attached hydrogen (secondary N) is 1. The van der Waals surface area contributed by atoms with Gasteiger partial charge in [0.1, 0.15) is 9.84 Å². The third-order valence-electron chi connectivity index (χ3n) is 2.73. The summed E-state index contributed by atoms with van der Waals surface area (Å²) in [5.41, 5.74) is 0.453. The number of methoxy groups -OCH3 is 1. The molecule has 1 aromatic rings. The highest BCUT2D eigenvalue weighted by atomic mass is 32.2. The molecule has 0 aliphatic rings. The molecule has 0 fully saturated rings. The number of hydrogen-bond donors (Lipinski definition) is 1. The van der Waals surface area contributed by atoms with Gasteiger partial charge in [-0.15, -0.1) is 0 Å². The van der Waals surface area contributed by atoms with Crippen molar-refractivity contribution in [1.29, 1.82) is 0 Å². The molecule has 0 saturated carbocycles. The molecule has 19 heavy (non-hydrogen) atoms. The van der Waals surface area contributed by atoms with Crippen molar-refractivity contribution in [3.05, 3.63) is 29.6 Å². The average molecular weight is 289 g/mol. The Hall–Kier alpha value is -1.14. The first-order chi connectivity index (χ1) is 8.87. The molecule has 0 aliphatic carbocycles. The van der Waals surface area contributed by atoms with Crippen molar-refractivity contribution in [2.75, 3.05) is 25.7 Å². The molecular weight excluding hydrogens is 269 g/mol. The van der Waals surface area contributed by atoms with E-state index in [0.717, 1.165) is 0 Å². The van der Waals surface area contributed by atoms with Gasteiger partial charge in [0.2, 0.25) is 0 Å². The lowest BCUT2D eigenvalue weighted by Crippen LogP contribution is -2.37. The zero-order valence-corrected chi connectivity index (χ0v) is 12.3. The molecule has 0 amide bonds. The highest BCUT2D eigenvalue weighted by Gasteiger charge is 2.18. The van der Waals surface area contributed by atoms with E-state index in [4.69, 9.17) is 4.74 Å². The third-order valence-corrected chi connectivity index (χ3v) is 3.73. The van der Waals surface area contributed by atoms with Crippen LogP contribution >= 0.6 is 0 Å². The lowest BCUT2D eigenvalue weighted by Gasteiger charge is -2.17. The topological polar surface area (TPSA) is 55.4 Å². The number of halogens is 1. The summed E-state index contributed by atoms with van der Waals surface area (Å²) in [6.45, 7) is 2.52. The fourth-order valence-electron chi connectivity index (χ4n) is 1.98. The van der Waals surface area contributed by atoms with Crippen LogP contribution in [0.25, 0.3) is 0 Å². The van der Waals surface area contributed by atoms with Gasteiger partial charge in [-0.3, -0.25) is 0 Å². The molecule has 1 unspecified atom stereocenters. The van der Waals surface area contributed by atoms with E-state index < -0.39 is 15.7 Å². The molecule has 108 valence electrons. The number of ether oxygens (including phenoxy) is 1. The summed E-state index contributed by atoms with van der Waals surface area (Å²) in [4.78, 5) is 0. The van der Waals surface area contributed by atoms with E-state index in [2.05, 4.69) is 5.32 Å². The minimum absolute atomic E-state index is 0.0164. The van der Waals surface area contributed by atoms with E-state index in [-0.39, 0.29) is 17.5 Å². The van der Waals surface area contributed by atoms with Crippen molar-refractivity contribution < 1.29 is 17.5 Å². The maximum Gasteiger partial charge on any atom is 0.168 e. The van der Waals surface area contributed by atoms with Crippen molar-refractivity contribution >= 4 is 9.84 Å².